The molecule has 0 spiro atoms. The molecule has 2 aromatic carbocycles. The van der Waals surface area contributed by atoms with Gasteiger partial charge in [-0.3, -0.25) is 13.9 Å². The van der Waals surface area contributed by atoms with E-state index in [0.29, 0.717) is 34.6 Å². The maximum Gasteiger partial charge on any atom is 0.265 e. The van der Waals surface area contributed by atoms with Crippen LogP contribution in [0.15, 0.2) is 53.3 Å². The molecule has 1 fully saturated rings. The Balaban J connectivity index is 1.73. The predicted molar refractivity (Wildman–Crippen MR) is 124 cm³/mol. The van der Waals surface area contributed by atoms with Gasteiger partial charge in [0.2, 0.25) is 0 Å². The molecule has 6 rings (SSSR count). The lowest BCUT2D eigenvalue weighted by Gasteiger charge is -2.14. The molecule has 0 amide bonds. The van der Waals surface area contributed by atoms with Crippen molar-refractivity contribution in [1.82, 2.24) is 24.1 Å². The highest BCUT2D eigenvalue weighted by molar-refractivity contribution is 6.05. The van der Waals surface area contributed by atoms with Crippen LogP contribution in [0.4, 0.5) is 0 Å². The number of ether oxygens (including phenoxy) is 1. The third kappa shape index (κ3) is 2.92. The van der Waals surface area contributed by atoms with Gasteiger partial charge in [-0.1, -0.05) is 24.3 Å². The summed E-state index contributed by atoms with van der Waals surface area (Å²) in [5.41, 5.74) is 5.30. The molecule has 1 saturated heterocycles. The quantitative estimate of drug-likeness (QED) is 0.435. The van der Waals surface area contributed by atoms with Crippen molar-refractivity contribution >= 4 is 33.2 Å². The van der Waals surface area contributed by atoms with Gasteiger partial charge in [0.15, 0.2) is 11.3 Å². The van der Waals surface area contributed by atoms with Crippen molar-refractivity contribution in [2.24, 2.45) is 0 Å². The van der Waals surface area contributed by atoms with Crippen LogP contribution in [0, 0.1) is 13.8 Å². The predicted octanol–water partition coefficient (Wildman–Crippen LogP) is 4.08. The third-order valence-corrected chi connectivity index (χ3v) is 6.22. The topological polar surface area (TPSA) is 74.8 Å². The Bertz CT molecular complexity index is 1560. The van der Waals surface area contributed by atoms with Crippen LogP contribution in [-0.2, 0) is 11.3 Å². The molecule has 3 aromatic heterocycles. The molecular weight excluding hydrogens is 402 g/mol. The molecule has 0 bridgehead atoms. The Kier molecular flexibility index (Phi) is 4.33. The minimum Gasteiger partial charge on any atom is -0.376 e. The summed E-state index contributed by atoms with van der Waals surface area (Å²) in [5.74, 6) is 0.666. The summed E-state index contributed by atoms with van der Waals surface area (Å²) in [6.07, 6.45) is 2.03. The Hall–Kier alpha value is -3.58. The molecule has 7 heteroatoms. The van der Waals surface area contributed by atoms with Gasteiger partial charge in [0, 0.05) is 12.3 Å². The number of rotatable bonds is 3. The Morgan fingerprint density at radius 1 is 1.00 bits per heavy atom. The molecule has 0 saturated carbocycles. The van der Waals surface area contributed by atoms with E-state index in [-0.39, 0.29) is 11.7 Å². The molecule has 5 aromatic rings. The number of aromatic nitrogens is 5. The van der Waals surface area contributed by atoms with E-state index < -0.39 is 0 Å². The normalized spacial score (nSPS) is 16.5. The number of fused-ring (bicyclic) bond motifs is 4. The van der Waals surface area contributed by atoms with E-state index in [1.165, 1.54) is 0 Å². The van der Waals surface area contributed by atoms with Gasteiger partial charge < -0.3 is 4.74 Å². The lowest BCUT2D eigenvalue weighted by molar-refractivity contribution is 0.0955. The monoisotopic (exact) mass is 425 g/mol. The van der Waals surface area contributed by atoms with Gasteiger partial charge in [-0.2, -0.15) is 0 Å². The van der Waals surface area contributed by atoms with Crippen LogP contribution >= 0.6 is 0 Å². The van der Waals surface area contributed by atoms with Crippen molar-refractivity contribution in [3.8, 4) is 5.69 Å². The fourth-order valence-corrected chi connectivity index (χ4v) is 4.65. The number of nitrogens with zero attached hydrogens (tertiary/aromatic N) is 5. The van der Waals surface area contributed by atoms with Gasteiger partial charge >= 0.3 is 0 Å². The average molecular weight is 425 g/mol. The fraction of sp³-hybridized carbons (Fsp3) is 0.280. The molecule has 0 radical (unpaired) electrons. The second-order valence-electron chi connectivity index (χ2n) is 8.47. The van der Waals surface area contributed by atoms with Crippen molar-refractivity contribution < 1.29 is 4.74 Å². The Morgan fingerprint density at radius 2 is 1.81 bits per heavy atom. The lowest BCUT2D eigenvalue weighted by Crippen LogP contribution is -2.29. The van der Waals surface area contributed by atoms with E-state index in [1.807, 2.05) is 60.9 Å². The minimum atomic E-state index is -0.0935. The van der Waals surface area contributed by atoms with Crippen molar-refractivity contribution in [2.45, 2.75) is 39.3 Å². The Labute approximate surface area is 184 Å². The SMILES string of the molecule is Cc1cccc(-n2c3nc4ccccc4nc3c3c(=O)n(CC4CCCO4)c(C)nc32)c1. The summed E-state index contributed by atoms with van der Waals surface area (Å²) < 4.78 is 9.48. The molecule has 7 nitrogen and oxygen atoms in total. The summed E-state index contributed by atoms with van der Waals surface area (Å²) in [6.45, 7) is 5.18. The van der Waals surface area contributed by atoms with Gasteiger partial charge in [0.1, 0.15) is 16.7 Å². The van der Waals surface area contributed by atoms with E-state index in [1.54, 1.807) is 4.57 Å². The second kappa shape index (κ2) is 7.24. The fourth-order valence-electron chi connectivity index (χ4n) is 4.65. The first-order valence-corrected chi connectivity index (χ1v) is 11.0. The maximum absolute atomic E-state index is 13.8. The first kappa shape index (κ1) is 19.1. The van der Waals surface area contributed by atoms with Gasteiger partial charge in [0.25, 0.3) is 5.56 Å². The molecular formula is C25H23N5O2. The number of aryl methyl sites for hydroxylation is 2. The zero-order chi connectivity index (χ0) is 21.8. The molecule has 32 heavy (non-hydrogen) atoms. The van der Waals surface area contributed by atoms with Crippen molar-refractivity contribution in [2.75, 3.05) is 6.61 Å². The molecule has 1 aliphatic heterocycles. The summed E-state index contributed by atoms with van der Waals surface area (Å²) >= 11 is 0. The maximum atomic E-state index is 13.8. The van der Waals surface area contributed by atoms with Crippen molar-refractivity contribution in [3.63, 3.8) is 0 Å². The first-order valence-electron chi connectivity index (χ1n) is 11.0. The molecule has 1 unspecified atom stereocenters. The molecule has 1 atom stereocenters. The zero-order valence-corrected chi connectivity index (χ0v) is 18.1. The van der Waals surface area contributed by atoms with E-state index >= 15 is 0 Å². The second-order valence-corrected chi connectivity index (χ2v) is 8.47. The molecule has 1 aliphatic rings. The summed E-state index contributed by atoms with van der Waals surface area (Å²) in [4.78, 5) is 28.5. The zero-order valence-electron chi connectivity index (χ0n) is 18.1. The standard InChI is InChI=1S/C25H23N5O2/c1-15-7-5-8-17(13-15)30-23-21(22-24(30)28-20-11-4-3-10-19(20)27-22)25(31)29(16(2)26-23)14-18-9-6-12-32-18/h3-5,7-8,10-11,13,18H,6,9,12,14H2,1-2H3. The van der Waals surface area contributed by atoms with Crippen LogP contribution in [0.2, 0.25) is 0 Å². The van der Waals surface area contributed by atoms with Crippen LogP contribution in [0.1, 0.15) is 24.2 Å². The average Bonchev–Trinajstić information content (AvgIpc) is 3.40. The molecule has 4 heterocycles. The van der Waals surface area contributed by atoms with Crippen LogP contribution in [0.5, 0.6) is 0 Å². The van der Waals surface area contributed by atoms with Crippen LogP contribution in [-0.4, -0.2) is 36.8 Å². The van der Waals surface area contributed by atoms with E-state index in [9.17, 15) is 4.79 Å². The van der Waals surface area contributed by atoms with E-state index in [2.05, 4.69) is 6.07 Å². The smallest absolute Gasteiger partial charge is 0.265 e. The van der Waals surface area contributed by atoms with Gasteiger partial charge in [-0.05, 0) is 56.5 Å². The van der Waals surface area contributed by atoms with E-state index in [4.69, 9.17) is 19.7 Å². The lowest BCUT2D eigenvalue weighted by atomic mass is 10.2. The molecule has 160 valence electrons. The van der Waals surface area contributed by atoms with Gasteiger partial charge in [-0.25, -0.2) is 15.0 Å². The van der Waals surface area contributed by atoms with E-state index in [0.717, 1.165) is 41.7 Å². The first-order chi connectivity index (χ1) is 15.6. The van der Waals surface area contributed by atoms with Crippen LogP contribution < -0.4 is 5.56 Å². The highest BCUT2D eigenvalue weighted by Gasteiger charge is 2.24. The summed E-state index contributed by atoms with van der Waals surface area (Å²) in [5, 5.41) is 0.503. The highest BCUT2D eigenvalue weighted by atomic mass is 16.5. The summed E-state index contributed by atoms with van der Waals surface area (Å²) in [6, 6.07) is 15.9. The number of para-hydroxylation sites is 2. The van der Waals surface area contributed by atoms with Gasteiger partial charge in [-0.15, -0.1) is 0 Å². The summed E-state index contributed by atoms with van der Waals surface area (Å²) in [7, 11) is 0. The van der Waals surface area contributed by atoms with Crippen molar-refractivity contribution in [1.29, 1.82) is 0 Å². The minimum absolute atomic E-state index is 0.0442. The number of benzene rings is 2. The largest absolute Gasteiger partial charge is 0.376 e. The van der Waals surface area contributed by atoms with Crippen molar-refractivity contribution in [3.05, 3.63) is 70.3 Å². The number of hydrogen-bond acceptors (Lipinski definition) is 5. The van der Waals surface area contributed by atoms with Crippen LogP contribution in [0.3, 0.4) is 0 Å². The Morgan fingerprint density at radius 3 is 2.56 bits per heavy atom. The van der Waals surface area contributed by atoms with Gasteiger partial charge in [0.05, 0.1) is 23.7 Å². The highest BCUT2D eigenvalue weighted by Crippen LogP contribution is 2.29. The third-order valence-electron chi connectivity index (χ3n) is 6.22. The molecule has 0 N–H and O–H groups in total. The molecule has 0 aliphatic carbocycles. The number of hydrogen-bond donors (Lipinski definition) is 0. The van der Waals surface area contributed by atoms with Crippen LogP contribution in [0.25, 0.3) is 38.9 Å².